The van der Waals surface area contributed by atoms with E-state index in [0.29, 0.717) is 18.8 Å². The van der Waals surface area contributed by atoms with E-state index >= 15 is 0 Å². The quantitative estimate of drug-likeness (QED) is 0.762. The van der Waals surface area contributed by atoms with Gasteiger partial charge in [0.05, 0.1) is 22.8 Å². The molecule has 1 saturated heterocycles. The lowest BCUT2D eigenvalue weighted by atomic mass is 9.97. The molecule has 1 aliphatic heterocycles. The van der Waals surface area contributed by atoms with Crippen molar-refractivity contribution in [3.63, 3.8) is 0 Å². The summed E-state index contributed by atoms with van der Waals surface area (Å²) in [7, 11) is 0. The molecule has 0 radical (unpaired) electrons. The molecule has 7 heteroatoms. The summed E-state index contributed by atoms with van der Waals surface area (Å²) in [5.41, 5.74) is 1.02. The van der Waals surface area contributed by atoms with Gasteiger partial charge in [0.25, 0.3) is 0 Å². The van der Waals surface area contributed by atoms with Gasteiger partial charge in [0.15, 0.2) is 5.67 Å². The van der Waals surface area contributed by atoms with Gasteiger partial charge in [-0.2, -0.15) is 5.10 Å². The minimum atomic E-state index is -1.36. The summed E-state index contributed by atoms with van der Waals surface area (Å²) in [5.74, 6) is 0.414. The molecule has 0 aliphatic carbocycles. The molecule has 1 aliphatic rings. The molecule has 0 bridgehead atoms. The van der Waals surface area contributed by atoms with Gasteiger partial charge in [-0.15, -0.1) is 0 Å². The molecular formula is C19H22FN5O. The van der Waals surface area contributed by atoms with Crippen molar-refractivity contribution < 1.29 is 9.13 Å². The number of hydrogen-bond donors (Lipinski definition) is 1. The first-order valence-electron chi connectivity index (χ1n) is 8.98. The van der Waals surface area contributed by atoms with Gasteiger partial charge in [0.2, 0.25) is 5.88 Å². The second-order valence-electron chi connectivity index (χ2n) is 6.69. The third-order valence-corrected chi connectivity index (χ3v) is 4.71. The van der Waals surface area contributed by atoms with Crippen LogP contribution in [0.2, 0.25) is 0 Å². The number of rotatable bonds is 5. The number of ether oxygens (including phenoxy) is 1. The number of aromatic nitrogens is 4. The molecule has 0 aromatic carbocycles. The highest BCUT2D eigenvalue weighted by atomic mass is 19.1. The van der Waals surface area contributed by atoms with Crippen molar-refractivity contribution in [1.82, 2.24) is 25.1 Å². The first kappa shape index (κ1) is 16.9. The zero-order valence-corrected chi connectivity index (χ0v) is 14.8. The number of hydrogen-bond acceptors (Lipinski definition) is 5. The Bertz CT molecular complexity index is 904. The van der Waals surface area contributed by atoms with E-state index < -0.39 is 5.67 Å². The van der Waals surface area contributed by atoms with Crippen molar-refractivity contribution in [1.29, 1.82) is 0 Å². The first-order valence-corrected chi connectivity index (χ1v) is 8.98. The molecule has 0 spiro atoms. The van der Waals surface area contributed by atoms with Crippen molar-refractivity contribution >= 4 is 10.9 Å². The summed E-state index contributed by atoms with van der Waals surface area (Å²) >= 11 is 0. The Hall–Kier alpha value is -2.54. The van der Waals surface area contributed by atoms with Crippen LogP contribution in [0.3, 0.4) is 0 Å². The molecule has 1 fully saturated rings. The smallest absolute Gasteiger partial charge is 0.223 e. The molecular weight excluding hydrogens is 333 g/mol. The maximum atomic E-state index is 14.9. The van der Waals surface area contributed by atoms with Gasteiger partial charge in [-0.3, -0.25) is 9.67 Å². The Morgan fingerprint density at radius 3 is 3.12 bits per heavy atom. The van der Waals surface area contributed by atoms with E-state index in [9.17, 15) is 4.39 Å². The van der Waals surface area contributed by atoms with Crippen molar-refractivity contribution in [3.05, 3.63) is 36.8 Å². The summed E-state index contributed by atoms with van der Waals surface area (Å²) in [6, 6.07) is 5.64. The predicted molar refractivity (Wildman–Crippen MR) is 97.9 cm³/mol. The van der Waals surface area contributed by atoms with Crippen molar-refractivity contribution in [2.45, 2.75) is 32.0 Å². The van der Waals surface area contributed by atoms with E-state index in [4.69, 9.17) is 4.74 Å². The van der Waals surface area contributed by atoms with Crippen LogP contribution in [0.25, 0.3) is 22.2 Å². The minimum absolute atomic E-state index is 0.0192. The zero-order chi connectivity index (χ0) is 18.0. The zero-order valence-electron chi connectivity index (χ0n) is 14.8. The van der Waals surface area contributed by atoms with Gasteiger partial charge in [-0.05, 0) is 44.5 Å². The molecule has 3 aromatic heterocycles. The van der Waals surface area contributed by atoms with E-state index in [2.05, 4.69) is 20.4 Å². The van der Waals surface area contributed by atoms with Gasteiger partial charge in [0, 0.05) is 31.0 Å². The highest BCUT2D eigenvalue weighted by molar-refractivity contribution is 5.86. The van der Waals surface area contributed by atoms with Crippen LogP contribution in [0.15, 0.2) is 36.8 Å². The number of piperidine rings is 1. The van der Waals surface area contributed by atoms with Crippen LogP contribution in [0.4, 0.5) is 4.39 Å². The molecule has 1 N–H and O–H groups in total. The molecule has 6 nitrogen and oxygen atoms in total. The van der Waals surface area contributed by atoms with Crippen LogP contribution in [0.1, 0.15) is 19.8 Å². The van der Waals surface area contributed by atoms with Gasteiger partial charge in [0.1, 0.15) is 6.61 Å². The summed E-state index contributed by atoms with van der Waals surface area (Å²) < 4.78 is 22.6. The fourth-order valence-corrected chi connectivity index (χ4v) is 3.22. The number of pyridine rings is 2. The number of fused-ring (bicyclic) bond motifs is 1. The third kappa shape index (κ3) is 3.39. The molecule has 4 heterocycles. The van der Waals surface area contributed by atoms with E-state index in [1.165, 1.54) is 0 Å². The van der Waals surface area contributed by atoms with Gasteiger partial charge in [-0.25, -0.2) is 9.37 Å². The number of aryl methyl sites for hydroxylation is 1. The van der Waals surface area contributed by atoms with Crippen LogP contribution in [0.5, 0.6) is 5.88 Å². The van der Waals surface area contributed by atoms with Crippen LogP contribution in [-0.2, 0) is 6.54 Å². The minimum Gasteiger partial charge on any atom is -0.474 e. The van der Waals surface area contributed by atoms with Crippen LogP contribution < -0.4 is 10.1 Å². The fourth-order valence-electron chi connectivity index (χ4n) is 3.22. The predicted octanol–water partition coefficient (Wildman–Crippen LogP) is 2.98. The molecule has 0 saturated carbocycles. The Kier molecular flexibility index (Phi) is 4.55. The normalized spacial score (nSPS) is 20.4. The summed E-state index contributed by atoms with van der Waals surface area (Å²) in [4.78, 5) is 9.05. The van der Waals surface area contributed by atoms with E-state index in [-0.39, 0.29) is 6.61 Å². The first-order chi connectivity index (χ1) is 12.7. The number of nitrogens with one attached hydrogen (secondary N) is 1. The number of halogens is 1. The lowest BCUT2D eigenvalue weighted by Gasteiger charge is -2.29. The highest BCUT2D eigenvalue weighted by Crippen LogP contribution is 2.30. The molecule has 0 amide bonds. The standard InChI is InChI=1S/C19H22FN5O/c1-2-25-11-14(10-23-25)16-9-17-15(5-3-8-22-17)18(24-16)26-13-19(20)6-4-7-21-12-19/h3,5,8-11,21H,2,4,6-7,12-13H2,1H3/t19-/m1/s1. The van der Waals surface area contributed by atoms with Crippen LogP contribution in [0, 0.1) is 0 Å². The maximum absolute atomic E-state index is 14.9. The number of alkyl halides is 1. The molecule has 1 atom stereocenters. The Morgan fingerprint density at radius 2 is 2.35 bits per heavy atom. The van der Waals surface area contributed by atoms with Crippen molar-refractivity contribution in [3.8, 4) is 17.1 Å². The number of nitrogens with zero attached hydrogens (tertiary/aromatic N) is 4. The summed E-state index contributed by atoms with van der Waals surface area (Å²) in [6.45, 7) is 3.96. The Balaban J connectivity index is 1.67. The second-order valence-corrected chi connectivity index (χ2v) is 6.69. The van der Waals surface area contributed by atoms with Gasteiger partial charge < -0.3 is 10.1 Å². The average molecular weight is 355 g/mol. The van der Waals surface area contributed by atoms with Gasteiger partial charge >= 0.3 is 0 Å². The van der Waals surface area contributed by atoms with Crippen molar-refractivity contribution in [2.24, 2.45) is 0 Å². The fraction of sp³-hybridized carbons (Fsp3) is 0.421. The molecule has 3 aromatic rings. The average Bonchev–Trinajstić information content (AvgIpc) is 3.16. The molecule has 26 heavy (non-hydrogen) atoms. The van der Waals surface area contributed by atoms with Crippen LogP contribution >= 0.6 is 0 Å². The largest absolute Gasteiger partial charge is 0.474 e. The topological polar surface area (TPSA) is 64.9 Å². The maximum Gasteiger partial charge on any atom is 0.223 e. The molecule has 4 rings (SSSR count). The van der Waals surface area contributed by atoms with Crippen LogP contribution in [-0.4, -0.2) is 45.1 Å². The van der Waals surface area contributed by atoms with E-state index in [1.54, 1.807) is 12.4 Å². The molecule has 136 valence electrons. The van der Waals surface area contributed by atoms with Crippen molar-refractivity contribution in [2.75, 3.05) is 19.7 Å². The van der Waals surface area contributed by atoms with Gasteiger partial charge in [-0.1, -0.05) is 0 Å². The molecule has 0 unspecified atom stereocenters. The summed E-state index contributed by atoms with van der Waals surface area (Å²) in [5, 5.41) is 8.18. The second kappa shape index (κ2) is 6.99. The van der Waals surface area contributed by atoms with E-state index in [1.807, 2.05) is 36.0 Å². The Labute approximate surface area is 151 Å². The highest BCUT2D eigenvalue weighted by Gasteiger charge is 2.33. The monoisotopic (exact) mass is 355 g/mol. The lowest BCUT2D eigenvalue weighted by molar-refractivity contribution is 0.0581. The summed E-state index contributed by atoms with van der Waals surface area (Å²) in [6.07, 6.45) is 6.74. The SMILES string of the molecule is CCn1cc(-c2cc3ncccc3c(OC[C@@]3(F)CCCNC3)n2)cn1. The third-order valence-electron chi connectivity index (χ3n) is 4.71. The lowest BCUT2D eigenvalue weighted by Crippen LogP contribution is -2.46. The van der Waals surface area contributed by atoms with E-state index in [0.717, 1.165) is 41.7 Å². The Morgan fingerprint density at radius 1 is 1.42 bits per heavy atom.